The molecule has 0 aliphatic carbocycles. The Kier molecular flexibility index (Phi) is 4.33. The quantitative estimate of drug-likeness (QED) is 0.881. The summed E-state index contributed by atoms with van der Waals surface area (Å²) in [4.78, 5) is 12.3. The summed E-state index contributed by atoms with van der Waals surface area (Å²) in [5.74, 6) is 0.553. The molecular weight excluding hydrogens is 252 g/mol. The lowest BCUT2D eigenvalue weighted by atomic mass is 9.90. The number of carbonyl (C=O) groups is 1. The van der Waals surface area contributed by atoms with Gasteiger partial charge in [-0.3, -0.25) is 4.79 Å². The number of nitrogens with one attached hydrogen (secondary N) is 2. The zero-order valence-electron chi connectivity index (χ0n) is 11.7. The summed E-state index contributed by atoms with van der Waals surface area (Å²) in [5.41, 5.74) is 2.03. The lowest BCUT2D eigenvalue weighted by Crippen LogP contribution is -2.35. The fourth-order valence-corrected chi connectivity index (χ4v) is 2.99. The Labute approximate surface area is 119 Å². The highest BCUT2D eigenvalue weighted by Crippen LogP contribution is 2.23. The van der Waals surface area contributed by atoms with Crippen molar-refractivity contribution in [2.75, 3.05) is 26.3 Å². The Bertz CT molecular complexity index is 463. The van der Waals surface area contributed by atoms with Gasteiger partial charge in [0.1, 0.15) is 0 Å². The molecule has 2 fully saturated rings. The first-order valence-electron chi connectivity index (χ1n) is 7.52. The number of piperidine rings is 1. The second kappa shape index (κ2) is 6.37. The number of carbonyl (C=O) groups excluding carboxylic acids is 1. The first kappa shape index (κ1) is 13.6. The van der Waals surface area contributed by atoms with E-state index in [4.69, 9.17) is 4.74 Å². The van der Waals surface area contributed by atoms with E-state index in [2.05, 4.69) is 16.7 Å². The standard InChI is InChI=1S/C16H22N2O2/c19-16(18-15-6-8-20-11-15)13-4-1-3-12(9-13)14-5-2-7-17-10-14/h1,3-4,9,14-15,17H,2,5-8,10-11H2,(H,18,19). The highest BCUT2D eigenvalue weighted by Gasteiger charge is 2.20. The van der Waals surface area contributed by atoms with Gasteiger partial charge in [0.05, 0.1) is 12.6 Å². The summed E-state index contributed by atoms with van der Waals surface area (Å²) in [6, 6.07) is 8.23. The van der Waals surface area contributed by atoms with Crippen molar-refractivity contribution in [1.82, 2.24) is 10.6 Å². The van der Waals surface area contributed by atoms with Crippen LogP contribution in [0.2, 0.25) is 0 Å². The fourth-order valence-electron chi connectivity index (χ4n) is 2.99. The predicted octanol–water partition coefficient (Wildman–Crippen LogP) is 1.67. The minimum absolute atomic E-state index is 0.0196. The molecule has 2 aliphatic heterocycles. The van der Waals surface area contributed by atoms with Crippen molar-refractivity contribution in [3.63, 3.8) is 0 Å². The van der Waals surface area contributed by atoms with Crippen molar-refractivity contribution in [1.29, 1.82) is 0 Å². The van der Waals surface area contributed by atoms with Crippen molar-refractivity contribution in [2.24, 2.45) is 0 Å². The monoisotopic (exact) mass is 274 g/mol. The number of amides is 1. The molecule has 20 heavy (non-hydrogen) atoms. The molecule has 0 aromatic heterocycles. The molecule has 2 unspecified atom stereocenters. The van der Waals surface area contributed by atoms with Gasteiger partial charge in [0.2, 0.25) is 0 Å². The van der Waals surface area contributed by atoms with Gasteiger partial charge >= 0.3 is 0 Å². The van der Waals surface area contributed by atoms with Gasteiger partial charge in [0, 0.05) is 18.7 Å². The van der Waals surface area contributed by atoms with Crippen LogP contribution < -0.4 is 10.6 Å². The summed E-state index contributed by atoms with van der Waals surface area (Å²) in [5, 5.41) is 6.47. The van der Waals surface area contributed by atoms with Crippen LogP contribution in [0.5, 0.6) is 0 Å². The largest absolute Gasteiger partial charge is 0.379 e. The van der Waals surface area contributed by atoms with Gasteiger partial charge in [-0.15, -0.1) is 0 Å². The van der Waals surface area contributed by atoms with E-state index < -0.39 is 0 Å². The average Bonchev–Trinajstić information content (AvgIpc) is 3.01. The number of rotatable bonds is 3. The molecule has 0 spiro atoms. The zero-order valence-corrected chi connectivity index (χ0v) is 11.7. The molecule has 2 aliphatic rings. The molecule has 1 aromatic carbocycles. The Balaban J connectivity index is 1.67. The van der Waals surface area contributed by atoms with Gasteiger partial charge in [0.15, 0.2) is 0 Å². The number of benzene rings is 1. The summed E-state index contributed by atoms with van der Waals surface area (Å²) in [6.45, 7) is 3.51. The zero-order chi connectivity index (χ0) is 13.8. The maximum absolute atomic E-state index is 12.3. The fraction of sp³-hybridized carbons (Fsp3) is 0.562. The van der Waals surface area contributed by atoms with E-state index in [9.17, 15) is 4.79 Å². The lowest BCUT2D eigenvalue weighted by Gasteiger charge is -2.23. The normalized spacial score (nSPS) is 26.4. The van der Waals surface area contributed by atoms with Crippen LogP contribution in [-0.4, -0.2) is 38.3 Å². The molecule has 4 nitrogen and oxygen atoms in total. The SMILES string of the molecule is O=C(NC1CCOC1)c1cccc(C2CCCNC2)c1. The molecule has 0 radical (unpaired) electrons. The van der Waals surface area contributed by atoms with Gasteiger partial charge in [-0.25, -0.2) is 0 Å². The van der Waals surface area contributed by atoms with E-state index in [0.717, 1.165) is 31.7 Å². The molecule has 3 rings (SSSR count). The summed E-state index contributed by atoms with van der Waals surface area (Å²) in [7, 11) is 0. The third kappa shape index (κ3) is 3.19. The van der Waals surface area contributed by atoms with Crippen molar-refractivity contribution in [2.45, 2.75) is 31.2 Å². The molecule has 2 N–H and O–H groups in total. The Morgan fingerprint density at radius 1 is 1.35 bits per heavy atom. The van der Waals surface area contributed by atoms with Crippen molar-refractivity contribution >= 4 is 5.91 Å². The van der Waals surface area contributed by atoms with Crippen molar-refractivity contribution in [3.8, 4) is 0 Å². The van der Waals surface area contributed by atoms with Crippen molar-refractivity contribution in [3.05, 3.63) is 35.4 Å². The van der Waals surface area contributed by atoms with E-state index in [1.807, 2.05) is 18.2 Å². The van der Waals surface area contributed by atoms with E-state index in [1.54, 1.807) is 0 Å². The van der Waals surface area contributed by atoms with Crippen LogP contribution in [-0.2, 0) is 4.74 Å². The first-order chi connectivity index (χ1) is 9.83. The molecule has 0 bridgehead atoms. The van der Waals surface area contributed by atoms with Crippen LogP contribution in [0, 0.1) is 0 Å². The number of ether oxygens (including phenoxy) is 1. The molecule has 2 heterocycles. The second-order valence-electron chi connectivity index (χ2n) is 5.70. The minimum Gasteiger partial charge on any atom is -0.379 e. The van der Waals surface area contributed by atoms with Gasteiger partial charge in [-0.1, -0.05) is 12.1 Å². The Morgan fingerprint density at radius 3 is 3.05 bits per heavy atom. The van der Waals surface area contributed by atoms with Crippen LogP contribution in [0.25, 0.3) is 0 Å². The highest BCUT2D eigenvalue weighted by atomic mass is 16.5. The molecule has 0 saturated carbocycles. The van der Waals surface area contributed by atoms with E-state index in [1.165, 1.54) is 18.4 Å². The minimum atomic E-state index is 0.0196. The molecular formula is C16H22N2O2. The Morgan fingerprint density at radius 2 is 2.30 bits per heavy atom. The Hall–Kier alpha value is -1.39. The maximum atomic E-state index is 12.3. The number of hydrogen-bond donors (Lipinski definition) is 2. The molecule has 108 valence electrons. The topological polar surface area (TPSA) is 50.4 Å². The summed E-state index contributed by atoms with van der Waals surface area (Å²) in [6.07, 6.45) is 3.33. The van der Waals surface area contributed by atoms with Gasteiger partial charge in [0.25, 0.3) is 5.91 Å². The van der Waals surface area contributed by atoms with Crippen LogP contribution >= 0.6 is 0 Å². The third-order valence-electron chi connectivity index (χ3n) is 4.18. The first-order valence-corrected chi connectivity index (χ1v) is 7.52. The molecule has 2 atom stereocenters. The molecule has 4 heteroatoms. The van der Waals surface area contributed by atoms with Gasteiger partial charge in [-0.2, -0.15) is 0 Å². The van der Waals surface area contributed by atoms with E-state index in [0.29, 0.717) is 12.5 Å². The third-order valence-corrected chi connectivity index (χ3v) is 4.18. The van der Waals surface area contributed by atoms with Gasteiger partial charge in [-0.05, 0) is 49.4 Å². The van der Waals surface area contributed by atoms with Crippen LogP contribution in [0.15, 0.2) is 24.3 Å². The maximum Gasteiger partial charge on any atom is 0.251 e. The highest BCUT2D eigenvalue weighted by molar-refractivity contribution is 5.94. The van der Waals surface area contributed by atoms with Crippen LogP contribution in [0.1, 0.15) is 41.1 Å². The second-order valence-corrected chi connectivity index (χ2v) is 5.70. The van der Waals surface area contributed by atoms with Crippen molar-refractivity contribution < 1.29 is 9.53 Å². The summed E-state index contributed by atoms with van der Waals surface area (Å²) < 4.78 is 5.29. The van der Waals surface area contributed by atoms with E-state index in [-0.39, 0.29) is 11.9 Å². The summed E-state index contributed by atoms with van der Waals surface area (Å²) >= 11 is 0. The predicted molar refractivity (Wildman–Crippen MR) is 78.0 cm³/mol. The molecule has 1 aromatic rings. The smallest absolute Gasteiger partial charge is 0.251 e. The van der Waals surface area contributed by atoms with E-state index >= 15 is 0 Å². The number of hydrogen-bond acceptors (Lipinski definition) is 3. The van der Waals surface area contributed by atoms with Crippen LogP contribution in [0.4, 0.5) is 0 Å². The molecule has 2 saturated heterocycles. The molecule has 1 amide bonds. The lowest BCUT2D eigenvalue weighted by molar-refractivity contribution is 0.0930. The van der Waals surface area contributed by atoms with Gasteiger partial charge < -0.3 is 15.4 Å². The van der Waals surface area contributed by atoms with Crippen LogP contribution in [0.3, 0.4) is 0 Å². The average molecular weight is 274 g/mol.